The summed E-state index contributed by atoms with van der Waals surface area (Å²) in [7, 11) is -0.512. The van der Waals surface area contributed by atoms with Gasteiger partial charge < -0.3 is 20.1 Å². The number of ether oxygens (including phenoxy) is 1. The number of hydrogen-bond donors (Lipinski definition) is 2. The zero-order valence-corrected chi connectivity index (χ0v) is 21.3. The van der Waals surface area contributed by atoms with Crippen LogP contribution in [0.3, 0.4) is 0 Å². The van der Waals surface area contributed by atoms with Crippen LogP contribution in [0.1, 0.15) is 38.7 Å². The number of carbonyl (C=O) groups is 3. The predicted octanol–water partition coefficient (Wildman–Crippen LogP) is 1.70. The van der Waals surface area contributed by atoms with Crippen LogP contribution < -0.4 is 10.1 Å². The number of rotatable bonds is 7. The number of hydrogen-bond acceptors (Lipinski definition) is 6. The van der Waals surface area contributed by atoms with E-state index in [2.05, 4.69) is 19.2 Å². The van der Waals surface area contributed by atoms with Gasteiger partial charge in [0.1, 0.15) is 11.8 Å². The van der Waals surface area contributed by atoms with E-state index in [0.717, 1.165) is 12.8 Å². The van der Waals surface area contributed by atoms with Crippen LogP contribution in [0.5, 0.6) is 5.75 Å². The van der Waals surface area contributed by atoms with Gasteiger partial charge in [-0.2, -0.15) is 4.31 Å². The first-order chi connectivity index (χ1) is 16.3. The van der Waals surface area contributed by atoms with Crippen LogP contribution in [0.4, 0.5) is 4.79 Å². The number of fused-ring (bicyclic) bond motifs is 1. The lowest BCUT2D eigenvalue weighted by molar-refractivity contribution is -0.141. The number of benzene rings is 1. The summed E-state index contributed by atoms with van der Waals surface area (Å²) in [6.45, 7) is 4.19. The Morgan fingerprint density at radius 2 is 1.89 bits per heavy atom. The van der Waals surface area contributed by atoms with Gasteiger partial charge in [0.05, 0.1) is 11.8 Å². The highest BCUT2D eigenvalue weighted by atomic mass is 32.2. The quantitative estimate of drug-likeness (QED) is 0.574. The summed E-state index contributed by atoms with van der Waals surface area (Å²) in [5, 5.41) is 11.7. The van der Waals surface area contributed by atoms with E-state index in [0.29, 0.717) is 30.2 Å². The van der Waals surface area contributed by atoms with Crippen molar-refractivity contribution in [2.75, 3.05) is 27.2 Å². The molecule has 2 bridgehead atoms. The van der Waals surface area contributed by atoms with Crippen molar-refractivity contribution in [1.29, 1.82) is 0 Å². The number of carboxylic acid groups (broad SMARTS) is 1. The first kappa shape index (κ1) is 25.4. The summed E-state index contributed by atoms with van der Waals surface area (Å²) in [4.78, 5) is 37.5. The second kappa shape index (κ2) is 8.77. The number of aliphatic carboxylic acids is 1. The molecule has 3 aliphatic rings. The Balaban J connectivity index is 1.39. The van der Waals surface area contributed by atoms with Crippen LogP contribution in [0.2, 0.25) is 0 Å². The Labute approximate surface area is 205 Å². The van der Waals surface area contributed by atoms with E-state index in [9.17, 15) is 27.9 Å². The van der Waals surface area contributed by atoms with Gasteiger partial charge in [-0.1, -0.05) is 26.0 Å². The number of nitrogens with zero attached hydrogens (tertiary/aromatic N) is 2. The molecule has 0 radical (unpaired) electrons. The molecule has 1 aromatic carbocycles. The molecule has 35 heavy (non-hydrogen) atoms. The van der Waals surface area contributed by atoms with Gasteiger partial charge in [0.2, 0.25) is 15.9 Å². The number of sulfonamides is 1. The minimum atomic E-state index is -3.63. The molecule has 1 heterocycles. The predicted molar refractivity (Wildman–Crippen MR) is 127 cm³/mol. The second-order valence-corrected chi connectivity index (χ2v) is 12.8. The van der Waals surface area contributed by atoms with Crippen LogP contribution in [0.15, 0.2) is 24.3 Å². The molecule has 11 heteroatoms. The normalized spacial score (nSPS) is 28.8. The molecule has 1 aliphatic heterocycles. The lowest BCUT2D eigenvalue weighted by atomic mass is 9.69. The van der Waals surface area contributed by atoms with Gasteiger partial charge in [0.25, 0.3) is 0 Å². The first-order valence-corrected chi connectivity index (χ1v) is 13.3. The number of nitrogens with one attached hydrogen (secondary N) is 1. The van der Waals surface area contributed by atoms with Gasteiger partial charge in [-0.05, 0) is 48.3 Å². The Hall–Kier alpha value is -2.66. The average Bonchev–Trinajstić information content (AvgIpc) is 3.25. The van der Waals surface area contributed by atoms with Crippen LogP contribution in [-0.2, 0) is 26.0 Å². The minimum absolute atomic E-state index is 0.00297. The first-order valence-electron chi connectivity index (χ1n) is 11.8. The minimum Gasteiger partial charge on any atom is -0.480 e. The number of amides is 2. The van der Waals surface area contributed by atoms with Gasteiger partial charge in [-0.3, -0.25) is 4.79 Å². The van der Waals surface area contributed by atoms with Gasteiger partial charge in [-0.15, -0.1) is 0 Å². The highest BCUT2D eigenvalue weighted by molar-refractivity contribution is 7.90. The third-order valence-corrected chi connectivity index (χ3v) is 10.8. The second-order valence-electron chi connectivity index (χ2n) is 10.7. The van der Waals surface area contributed by atoms with Crippen LogP contribution in [-0.4, -0.2) is 79.2 Å². The van der Waals surface area contributed by atoms with Crippen molar-refractivity contribution in [1.82, 2.24) is 14.5 Å². The molecule has 3 unspecified atom stereocenters. The highest BCUT2D eigenvalue weighted by Gasteiger charge is 2.72. The smallest absolute Gasteiger partial charge is 0.414 e. The maximum atomic E-state index is 13.2. The van der Waals surface area contributed by atoms with Gasteiger partial charge in [0.15, 0.2) is 0 Å². The third-order valence-electron chi connectivity index (χ3n) is 8.42. The van der Waals surface area contributed by atoms with E-state index < -0.39 is 39.3 Å². The van der Waals surface area contributed by atoms with E-state index in [-0.39, 0.29) is 23.8 Å². The van der Waals surface area contributed by atoms with Crippen LogP contribution in [0, 0.1) is 16.7 Å². The number of carboxylic acids is 1. The average molecular weight is 508 g/mol. The molecule has 1 aromatic rings. The van der Waals surface area contributed by atoms with Crippen molar-refractivity contribution in [3.63, 3.8) is 0 Å². The fourth-order valence-electron chi connectivity index (χ4n) is 6.24. The molecular weight excluding hydrogens is 474 g/mol. The van der Waals surface area contributed by atoms with Gasteiger partial charge in [0, 0.05) is 32.5 Å². The molecule has 2 N–H and O–H groups in total. The zero-order valence-electron chi connectivity index (χ0n) is 20.5. The van der Waals surface area contributed by atoms with Gasteiger partial charge >= 0.3 is 12.1 Å². The standard InChI is InChI=1S/C24H33N3O7S/c1-23(2)16-9-10-24(23)14-27(35(32,33)19(24)12-16)13-20(28)25-18(21(29)30)11-15-5-7-17(8-6-15)34-22(31)26(3)4/h5-8,16,18-19H,9-14H2,1-4H3,(H,25,28)(H,29,30)/t16?,18-,19?,24?/m0/s1. The van der Waals surface area contributed by atoms with E-state index >= 15 is 0 Å². The Bertz CT molecular complexity index is 1130. The topological polar surface area (TPSA) is 133 Å². The molecule has 2 aliphatic carbocycles. The summed E-state index contributed by atoms with van der Waals surface area (Å²) in [5.74, 6) is -1.17. The van der Waals surface area contributed by atoms with Crippen molar-refractivity contribution in [2.24, 2.45) is 16.7 Å². The van der Waals surface area contributed by atoms with Crippen molar-refractivity contribution < 1.29 is 32.6 Å². The molecule has 2 amide bonds. The maximum Gasteiger partial charge on any atom is 0.414 e. The maximum absolute atomic E-state index is 13.2. The van der Waals surface area contributed by atoms with E-state index in [1.54, 1.807) is 38.4 Å². The highest BCUT2D eigenvalue weighted by Crippen LogP contribution is 2.70. The van der Waals surface area contributed by atoms with Gasteiger partial charge in [-0.25, -0.2) is 18.0 Å². The summed E-state index contributed by atoms with van der Waals surface area (Å²) in [6, 6.07) is 5.09. The van der Waals surface area contributed by atoms with E-state index in [1.807, 2.05) is 0 Å². The zero-order chi connectivity index (χ0) is 25.8. The molecule has 1 saturated heterocycles. The van der Waals surface area contributed by atoms with E-state index in [1.165, 1.54) is 9.21 Å². The lowest BCUT2D eigenvalue weighted by Gasteiger charge is -2.36. The SMILES string of the molecule is CN(C)C(=O)Oc1ccc(C[C@H](NC(=O)CN2CC34CCC(CC3S2(=O)=O)C4(C)C)C(=O)O)cc1. The molecule has 0 aromatic heterocycles. The number of carbonyl (C=O) groups excluding carboxylic acids is 2. The molecule has 192 valence electrons. The molecule has 4 atom stereocenters. The largest absolute Gasteiger partial charge is 0.480 e. The van der Waals surface area contributed by atoms with Crippen molar-refractivity contribution in [2.45, 2.75) is 50.8 Å². The monoisotopic (exact) mass is 507 g/mol. The summed E-state index contributed by atoms with van der Waals surface area (Å²) in [6.07, 6.45) is 1.94. The third kappa shape index (κ3) is 4.29. The Morgan fingerprint density at radius 3 is 2.43 bits per heavy atom. The molecule has 3 fully saturated rings. The Kier molecular flexibility index (Phi) is 6.38. The van der Waals surface area contributed by atoms with Crippen LogP contribution >= 0.6 is 0 Å². The van der Waals surface area contributed by atoms with Crippen molar-refractivity contribution >= 4 is 28.0 Å². The van der Waals surface area contributed by atoms with E-state index in [4.69, 9.17) is 4.74 Å². The summed E-state index contributed by atoms with van der Waals surface area (Å²) < 4.78 is 32.9. The molecular formula is C24H33N3O7S. The van der Waals surface area contributed by atoms with Crippen molar-refractivity contribution in [3.8, 4) is 5.75 Å². The molecule has 4 rings (SSSR count). The fraction of sp³-hybridized carbons (Fsp3) is 0.625. The molecule has 10 nitrogen and oxygen atoms in total. The molecule has 2 saturated carbocycles. The Morgan fingerprint density at radius 1 is 1.23 bits per heavy atom. The summed E-state index contributed by atoms with van der Waals surface area (Å²) in [5.41, 5.74) is 0.163. The lowest BCUT2D eigenvalue weighted by Crippen LogP contribution is -2.47. The fourth-order valence-corrected chi connectivity index (χ4v) is 8.85. The van der Waals surface area contributed by atoms with Crippen LogP contribution in [0.25, 0.3) is 0 Å². The van der Waals surface area contributed by atoms with Crippen molar-refractivity contribution in [3.05, 3.63) is 29.8 Å². The summed E-state index contributed by atoms with van der Waals surface area (Å²) >= 11 is 0. The molecule has 1 spiro atoms.